The summed E-state index contributed by atoms with van der Waals surface area (Å²) in [7, 11) is 1.42. The van der Waals surface area contributed by atoms with Gasteiger partial charge in [0.2, 0.25) is 5.91 Å². The fraction of sp³-hybridized carbons (Fsp3) is 0.520. The van der Waals surface area contributed by atoms with Gasteiger partial charge in [-0.15, -0.1) is 0 Å². The zero-order valence-corrected chi connectivity index (χ0v) is 17.7. The molecular weight excluding hydrogens is 376 g/mol. The van der Waals surface area contributed by atoms with Gasteiger partial charge in [0.05, 0.1) is 13.5 Å². The van der Waals surface area contributed by atoms with E-state index in [4.69, 9.17) is 4.74 Å². The third-order valence-corrected chi connectivity index (χ3v) is 7.19. The summed E-state index contributed by atoms with van der Waals surface area (Å²) in [4.78, 5) is 26.7. The summed E-state index contributed by atoms with van der Waals surface area (Å²) < 4.78 is 4.75. The third-order valence-electron chi connectivity index (χ3n) is 7.19. The van der Waals surface area contributed by atoms with E-state index in [0.717, 1.165) is 56.4 Å². The Morgan fingerprint density at radius 3 is 2.97 bits per heavy atom. The number of allylic oxidation sites excluding steroid dienone is 2. The Labute approximate surface area is 178 Å². The molecule has 2 fully saturated rings. The van der Waals surface area contributed by atoms with Gasteiger partial charge < -0.3 is 15.0 Å². The first-order valence-corrected chi connectivity index (χ1v) is 11.2. The molecule has 1 aliphatic heterocycles. The molecule has 3 unspecified atom stereocenters. The minimum absolute atomic E-state index is 0.156. The van der Waals surface area contributed by atoms with E-state index in [2.05, 4.69) is 28.4 Å². The topological polar surface area (TPSA) is 58.6 Å². The maximum Gasteiger partial charge on any atom is 0.309 e. The molecule has 5 rings (SSSR count). The van der Waals surface area contributed by atoms with Gasteiger partial charge >= 0.3 is 5.97 Å². The van der Waals surface area contributed by atoms with Crippen molar-refractivity contribution < 1.29 is 14.3 Å². The van der Waals surface area contributed by atoms with Crippen LogP contribution < -0.4 is 5.32 Å². The molecule has 3 atom stereocenters. The summed E-state index contributed by atoms with van der Waals surface area (Å²) in [6.45, 7) is 2.51. The van der Waals surface area contributed by atoms with Gasteiger partial charge in [0, 0.05) is 37.5 Å². The van der Waals surface area contributed by atoms with Crippen LogP contribution in [-0.2, 0) is 27.3 Å². The van der Waals surface area contributed by atoms with Crippen LogP contribution in [0.4, 0.5) is 0 Å². The van der Waals surface area contributed by atoms with E-state index in [1.165, 1.54) is 24.7 Å². The van der Waals surface area contributed by atoms with Gasteiger partial charge in [-0.2, -0.15) is 0 Å². The molecule has 0 aromatic heterocycles. The van der Waals surface area contributed by atoms with Crippen LogP contribution in [0.3, 0.4) is 0 Å². The minimum Gasteiger partial charge on any atom is -0.469 e. The molecule has 30 heavy (non-hydrogen) atoms. The molecular formula is C25H30N2O3. The van der Waals surface area contributed by atoms with Crippen LogP contribution in [0.5, 0.6) is 0 Å². The van der Waals surface area contributed by atoms with E-state index >= 15 is 0 Å². The van der Waals surface area contributed by atoms with Crippen LogP contribution >= 0.6 is 0 Å². The summed E-state index contributed by atoms with van der Waals surface area (Å²) in [5, 5.41) is 3.63. The van der Waals surface area contributed by atoms with Gasteiger partial charge in [-0.3, -0.25) is 9.59 Å². The highest BCUT2D eigenvalue weighted by molar-refractivity contribution is 5.80. The number of esters is 1. The second-order valence-electron chi connectivity index (χ2n) is 9.20. The van der Waals surface area contributed by atoms with Gasteiger partial charge in [-0.25, -0.2) is 0 Å². The Kier molecular flexibility index (Phi) is 5.23. The predicted octanol–water partition coefficient (Wildman–Crippen LogP) is 3.15. The van der Waals surface area contributed by atoms with Crippen LogP contribution in [0.2, 0.25) is 0 Å². The van der Waals surface area contributed by atoms with E-state index in [1.54, 1.807) is 5.57 Å². The van der Waals surface area contributed by atoms with Crippen LogP contribution in [0, 0.1) is 11.8 Å². The molecule has 4 aliphatic rings. The predicted molar refractivity (Wildman–Crippen MR) is 115 cm³/mol. The Bertz CT molecular complexity index is 932. The molecule has 0 bridgehead atoms. The maximum absolute atomic E-state index is 13.1. The number of methoxy groups -OCH3 is 1. The first-order chi connectivity index (χ1) is 14.6. The van der Waals surface area contributed by atoms with Crippen molar-refractivity contribution in [3.05, 3.63) is 58.2 Å². The number of fused-ring (bicyclic) bond motifs is 2. The van der Waals surface area contributed by atoms with Crippen molar-refractivity contribution in [1.82, 2.24) is 10.2 Å². The molecule has 0 saturated heterocycles. The number of hydrogen-bond acceptors (Lipinski definition) is 4. The average molecular weight is 407 g/mol. The van der Waals surface area contributed by atoms with Crippen molar-refractivity contribution in [2.45, 2.75) is 51.1 Å². The summed E-state index contributed by atoms with van der Waals surface area (Å²) in [6.07, 6.45) is 7.92. The maximum atomic E-state index is 13.1. The van der Waals surface area contributed by atoms with Crippen molar-refractivity contribution in [2.75, 3.05) is 20.2 Å². The fourth-order valence-corrected chi connectivity index (χ4v) is 5.40. The Morgan fingerprint density at radius 1 is 1.23 bits per heavy atom. The summed E-state index contributed by atoms with van der Waals surface area (Å²) in [5.41, 5.74) is 6.78. The Balaban J connectivity index is 1.11. The number of carbonyl (C=O) groups excluding carboxylic acids is 2. The van der Waals surface area contributed by atoms with Gasteiger partial charge in [-0.05, 0) is 54.4 Å². The number of amides is 1. The fourth-order valence-electron chi connectivity index (χ4n) is 5.40. The standard InChI is InChI=1S/C25H30N2O3/c1-30-24(28)10-16-3-2-4-17(9-16)14-26-21-6-5-19(12-21)25(29)27-8-7-18-11-20-13-22(20)23(18)15-27/h2-4,9,11,19,21-22,26H,5-8,10,12-15H2,1H3. The summed E-state index contributed by atoms with van der Waals surface area (Å²) in [5.74, 6) is 0.982. The SMILES string of the molecule is COC(=O)Cc1cccc(CNC2CCC(C(=O)N3CCC4=C(C3)C3CC3=C4)C2)c1. The van der Waals surface area contributed by atoms with E-state index in [1.807, 2.05) is 12.1 Å². The molecule has 1 amide bonds. The van der Waals surface area contributed by atoms with Crippen LogP contribution in [0.1, 0.15) is 43.2 Å². The number of nitrogens with one attached hydrogen (secondary N) is 1. The molecule has 3 aliphatic carbocycles. The second kappa shape index (κ2) is 8.03. The van der Waals surface area contributed by atoms with Crippen LogP contribution in [-0.4, -0.2) is 43.0 Å². The number of ether oxygens (including phenoxy) is 1. The molecule has 158 valence electrons. The number of carbonyl (C=O) groups is 2. The first-order valence-electron chi connectivity index (χ1n) is 11.2. The van der Waals surface area contributed by atoms with E-state index in [0.29, 0.717) is 24.3 Å². The highest BCUT2D eigenvalue weighted by Crippen LogP contribution is 2.52. The quantitative estimate of drug-likeness (QED) is 0.738. The monoisotopic (exact) mass is 406 g/mol. The van der Waals surface area contributed by atoms with Crippen LogP contribution in [0.15, 0.2) is 47.1 Å². The highest BCUT2D eigenvalue weighted by Gasteiger charge is 2.43. The van der Waals surface area contributed by atoms with Crippen molar-refractivity contribution in [3.8, 4) is 0 Å². The minimum atomic E-state index is -0.218. The van der Waals surface area contributed by atoms with Crippen LogP contribution in [0.25, 0.3) is 0 Å². The van der Waals surface area contributed by atoms with Gasteiger partial charge in [-0.1, -0.05) is 35.9 Å². The lowest BCUT2D eigenvalue weighted by atomic mass is 9.97. The van der Waals surface area contributed by atoms with Gasteiger partial charge in [0.25, 0.3) is 0 Å². The highest BCUT2D eigenvalue weighted by atomic mass is 16.5. The first kappa shape index (κ1) is 19.6. The Hall–Kier alpha value is -2.40. The number of benzene rings is 1. The zero-order valence-electron chi connectivity index (χ0n) is 17.7. The van der Waals surface area contributed by atoms with E-state index in [-0.39, 0.29) is 11.9 Å². The third kappa shape index (κ3) is 3.95. The molecule has 1 heterocycles. The lowest BCUT2D eigenvalue weighted by Gasteiger charge is -2.31. The molecule has 1 aromatic rings. The molecule has 0 spiro atoms. The van der Waals surface area contributed by atoms with E-state index in [9.17, 15) is 9.59 Å². The number of nitrogens with zero attached hydrogens (tertiary/aromatic N) is 1. The zero-order chi connectivity index (χ0) is 20.7. The average Bonchev–Trinajstić information content (AvgIpc) is 3.21. The lowest BCUT2D eigenvalue weighted by Crippen LogP contribution is -2.40. The molecule has 1 aromatic carbocycles. The summed E-state index contributed by atoms with van der Waals surface area (Å²) >= 11 is 0. The lowest BCUT2D eigenvalue weighted by molar-refractivity contribution is -0.139. The van der Waals surface area contributed by atoms with Gasteiger partial charge in [0.15, 0.2) is 0 Å². The van der Waals surface area contributed by atoms with Crippen molar-refractivity contribution in [1.29, 1.82) is 0 Å². The number of rotatable bonds is 6. The van der Waals surface area contributed by atoms with Crippen molar-refractivity contribution >= 4 is 11.9 Å². The normalized spacial score (nSPS) is 26.9. The van der Waals surface area contributed by atoms with Gasteiger partial charge in [0.1, 0.15) is 0 Å². The van der Waals surface area contributed by atoms with E-state index < -0.39 is 0 Å². The number of hydrogen-bond donors (Lipinski definition) is 1. The molecule has 5 heteroatoms. The van der Waals surface area contributed by atoms with Crippen molar-refractivity contribution in [2.24, 2.45) is 11.8 Å². The second-order valence-corrected chi connectivity index (χ2v) is 9.20. The molecule has 5 nitrogen and oxygen atoms in total. The Morgan fingerprint density at radius 2 is 2.10 bits per heavy atom. The molecule has 2 saturated carbocycles. The molecule has 0 radical (unpaired) electrons. The molecule has 1 N–H and O–H groups in total. The largest absolute Gasteiger partial charge is 0.469 e. The van der Waals surface area contributed by atoms with Crippen molar-refractivity contribution in [3.63, 3.8) is 0 Å². The smallest absolute Gasteiger partial charge is 0.309 e. The summed E-state index contributed by atoms with van der Waals surface area (Å²) in [6, 6.07) is 8.45.